The Kier molecular flexibility index (Phi) is 39.5. The van der Waals surface area contributed by atoms with Gasteiger partial charge in [-0.2, -0.15) is 0 Å². The average Bonchev–Trinajstić information content (AvgIpc) is 3.08. The van der Waals surface area contributed by atoms with Gasteiger partial charge in [-0.05, 0) is 19.4 Å². The molecule has 0 aromatic rings. The van der Waals surface area contributed by atoms with Crippen molar-refractivity contribution in [1.29, 1.82) is 0 Å². The molecular formula is C41H87NO3Si. The fourth-order valence-corrected chi connectivity index (χ4v) is 8.85. The van der Waals surface area contributed by atoms with E-state index in [1.807, 2.05) is 0 Å². The monoisotopic (exact) mass is 670 g/mol. The lowest BCUT2D eigenvalue weighted by Crippen LogP contribution is -2.42. The molecular weight excluding hydrogens is 583 g/mol. The van der Waals surface area contributed by atoms with E-state index < -0.39 is 8.80 Å². The van der Waals surface area contributed by atoms with Gasteiger partial charge in [-0.3, -0.25) is 0 Å². The zero-order chi connectivity index (χ0) is 33.5. The molecule has 0 aromatic heterocycles. The highest BCUT2D eigenvalue weighted by molar-refractivity contribution is 6.60. The minimum Gasteiger partial charge on any atom is -0.377 e. The van der Waals surface area contributed by atoms with Crippen LogP contribution in [0.1, 0.15) is 231 Å². The van der Waals surface area contributed by atoms with Crippen molar-refractivity contribution in [3.8, 4) is 0 Å². The molecule has 0 saturated carbocycles. The molecule has 46 heavy (non-hydrogen) atoms. The highest BCUT2D eigenvalue weighted by atomic mass is 28.4. The van der Waals surface area contributed by atoms with Crippen molar-refractivity contribution in [2.24, 2.45) is 5.73 Å². The van der Waals surface area contributed by atoms with Crippen molar-refractivity contribution >= 4 is 8.80 Å². The van der Waals surface area contributed by atoms with Crippen LogP contribution in [-0.4, -0.2) is 36.7 Å². The summed E-state index contributed by atoms with van der Waals surface area (Å²) in [6.45, 7) is 0.871. The van der Waals surface area contributed by atoms with E-state index in [1.165, 1.54) is 225 Å². The molecule has 0 rings (SSSR count). The first-order valence-corrected chi connectivity index (χ1v) is 23.0. The van der Waals surface area contributed by atoms with Gasteiger partial charge in [0, 0.05) is 27.4 Å². The van der Waals surface area contributed by atoms with Crippen molar-refractivity contribution in [1.82, 2.24) is 0 Å². The minimum absolute atomic E-state index is 0.871. The normalized spacial score (nSPS) is 12.0. The standard InChI is InChI=1S/C41H87NO3Si/c1-43-46(44-2,45-3)41-39-37-35-33-31-29-27-25-23-21-19-17-15-13-11-9-7-5-4-6-8-10-12-14-16-18-20-22-24-26-28-30-32-34-36-38-40-42/h4-42H2,1-3H3. The van der Waals surface area contributed by atoms with Gasteiger partial charge in [0.2, 0.25) is 0 Å². The second kappa shape index (κ2) is 39.5. The highest BCUT2D eigenvalue weighted by Gasteiger charge is 2.36. The molecule has 2 N–H and O–H groups in total. The maximum Gasteiger partial charge on any atom is 0.500 e. The minimum atomic E-state index is -2.35. The first-order chi connectivity index (χ1) is 22.7. The second-order valence-electron chi connectivity index (χ2n) is 14.6. The maximum atomic E-state index is 5.56. The van der Waals surface area contributed by atoms with Gasteiger partial charge in [0.05, 0.1) is 0 Å². The van der Waals surface area contributed by atoms with E-state index in [4.69, 9.17) is 19.0 Å². The molecule has 0 atom stereocenters. The smallest absolute Gasteiger partial charge is 0.377 e. The first-order valence-electron chi connectivity index (χ1n) is 21.1. The second-order valence-corrected chi connectivity index (χ2v) is 17.7. The van der Waals surface area contributed by atoms with Crippen LogP contribution < -0.4 is 5.73 Å². The fourth-order valence-electron chi connectivity index (χ4n) is 7.05. The van der Waals surface area contributed by atoms with Crippen LogP contribution in [0, 0.1) is 0 Å². The predicted octanol–water partition coefficient (Wildman–Crippen LogP) is 13.9. The van der Waals surface area contributed by atoms with E-state index in [1.54, 1.807) is 21.3 Å². The summed E-state index contributed by atoms with van der Waals surface area (Å²) in [6.07, 6.45) is 51.5. The zero-order valence-electron chi connectivity index (χ0n) is 32.2. The van der Waals surface area contributed by atoms with Crippen LogP contribution in [0.25, 0.3) is 0 Å². The number of rotatable bonds is 41. The third kappa shape index (κ3) is 33.9. The first kappa shape index (κ1) is 46.1. The Bertz CT molecular complexity index is 538. The molecule has 0 aliphatic carbocycles. The van der Waals surface area contributed by atoms with Gasteiger partial charge in [-0.15, -0.1) is 0 Å². The number of nitrogens with two attached hydrogens (primary N) is 1. The molecule has 0 aromatic carbocycles. The molecule has 0 radical (unpaired) electrons. The topological polar surface area (TPSA) is 53.7 Å². The number of unbranched alkanes of at least 4 members (excludes halogenated alkanes) is 35. The molecule has 5 heteroatoms. The van der Waals surface area contributed by atoms with Crippen LogP contribution in [0.5, 0.6) is 0 Å². The molecule has 0 unspecified atom stereocenters. The predicted molar refractivity (Wildman–Crippen MR) is 207 cm³/mol. The summed E-state index contributed by atoms with van der Waals surface area (Å²) in [4.78, 5) is 0. The summed E-state index contributed by atoms with van der Waals surface area (Å²) in [5.41, 5.74) is 5.56. The highest BCUT2D eigenvalue weighted by Crippen LogP contribution is 2.20. The molecule has 0 aliphatic heterocycles. The van der Waals surface area contributed by atoms with Crippen LogP contribution in [0.2, 0.25) is 6.04 Å². The molecule has 0 spiro atoms. The van der Waals surface area contributed by atoms with E-state index in [9.17, 15) is 0 Å². The number of hydrogen-bond acceptors (Lipinski definition) is 4. The van der Waals surface area contributed by atoms with Crippen molar-refractivity contribution < 1.29 is 13.3 Å². The van der Waals surface area contributed by atoms with E-state index >= 15 is 0 Å². The Labute approximate surface area is 292 Å². The van der Waals surface area contributed by atoms with Gasteiger partial charge in [-0.25, -0.2) is 0 Å². The van der Waals surface area contributed by atoms with Crippen molar-refractivity contribution in [2.75, 3.05) is 27.9 Å². The van der Waals surface area contributed by atoms with Gasteiger partial charge in [0.25, 0.3) is 0 Å². The molecule has 0 heterocycles. The third-order valence-electron chi connectivity index (χ3n) is 10.4. The van der Waals surface area contributed by atoms with Gasteiger partial charge in [0.1, 0.15) is 0 Å². The van der Waals surface area contributed by atoms with Crippen LogP contribution in [0.3, 0.4) is 0 Å². The van der Waals surface area contributed by atoms with Gasteiger partial charge >= 0.3 is 8.80 Å². The molecule has 0 aliphatic rings. The molecule has 0 fully saturated rings. The van der Waals surface area contributed by atoms with Crippen molar-refractivity contribution in [3.63, 3.8) is 0 Å². The molecule has 0 saturated heterocycles. The summed E-state index contributed by atoms with van der Waals surface area (Å²) in [7, 11) is 2.79. The fraction of sp³-hybridized carbons (Fsp3) is 1.00. The summed E-state index contributed by atoms with van der Waals surface area (Å²) in [5.74, 6) is 0. The lowest BCUT2D eigenvalue weighted by molar-refractivity contribution is 0.122. The third-order valence-corrected chi connectivity index (χ3v) is 13.2. The van der Waals surface area contributed by atoms with Gasteiger partial charge in [-0.1, -0.05) is 218 Å². The molecule has 0 bridgehead atoms. The van der Waals surface area contributed by atoms with Crippen LogP contribution >= 0.6 is 0 Å². The van der Waals surface area contributed by atoms with E-state index in [-0.39, 0.29) is 0 Å². The Morgan fingerprint density at radius 3 is 0.565 bits per heavy atom. The van der Waals surface area contributed by atoms with Crippen molar-refractivity contribution in [2.45, 2.75) is 237 Å². The Morgan fingerprint density at radius 1 is 0.261 bits per heavy atom. The van der Waals surface area contributed by atoms with E-state index in [2.05, 4.69) is 0 Å². The van der Waals surface area contributed by atoms with Crippen LogP contribution in [-0.2, 0) is 13.3 Å². The van der Waals surface area contributed by atoms with Gasteiger partial charge < -0.3 is 19.0 Å². The van der Waals surface area contributed by atoms with Crippen LogP contribution in [0.4, 0.5) is 0 Å². The molecule has 278 valence electrons. The quantitative estimate of drug-likeness (QED) is 0.0520. The Hall–Kier alpha value is 0.0569. The Morgan fingerprint density at radius 2 is 0.413 bits per heavy atom. The SMILES string of the molecule is CO[Si](CCCCCCCCCCCCCCCCCCCCCCCCCCCCCCCCCCCCCCN)(OC)OC. The van der Waals surface area contributed by atoms with Crippen LogP contribution in [0.15, 0.2) is 0 Å². The molecule has 4 nitrogen and oxygen atoms in total. The number of hydrogen-bond donors (Lipinski definition) is 1. The summed E-state index contributed by atoms with van der Waals surface area (Å²) < 4.78 is 16.5. The molecule has 0 amide bonds. The zero-order valence-corrected chi connectivity index (χ0v) is 33.2. The summed E-state index contributed by atoms with van der Waals surface area (Å²) in [5, 5.41) is 0. The van der Waals surface area contributed by atoms with E-state index in [0.29, 0.717) is 0 Å². The largest absolute Gasteiger partial charge is 0.500 e. The Balaban J connectivity index is 3.11. The lowest BCUT2D eigenvalue weighted by Gasteiger charge is -2.24. The summed E-state index contributed by atoms with van der Waals surface area (Å²) in [6, 6.07) is 0.939. The summed E-state index contributed by atoms with van der Waals surface area (Å²) >= 11 is 0. The lowest BCUT2D eigenvalue weighted by atomic mass is 10.0. The van der Waals surface area contributed by atoms with E-state index in [0.717, 1.165) is 19.0 Å². The maximum absolute atomic E-state index is 5.56. The van der Waals surface area contributed by atoms with Gasteiger partial charge in [0.15, 0.2) is 0 Å². The average molecular weight is 670 g/mol. The van der Waals surface area contributed by atoms with Crippen molar-refractivity contribution in [3.05, 3.63) is 0 Å².